The number of carbonyl (C=O) groups excluding carboxylic acids is 3. The highest BCUT2D eigenvalue weighted by Gasteiger charge is 2.55. The third-order valence-corrected chi connectivity index (χ3v) is 5.63. The van der Waals surface area contributed by atoms with E-state index in [0.29, 0.717) is 10.1 Å². The largest absolute Gasteiger partial charge is 0.465 e. The summed E-state index contributed by atoms with van der Waals surface area (Å²) in [6, 6.07) is 3.01. The van der Waals surface area contributed by atoms with Crippen molar-refractivity contribution in [1.82, 2.24) is 26.2 Å². The molecule has 1 aliphatic rings. The molecule has 38 heavy (non-hydrogen) atoms. The van der Waals surface area contributed by atoms with Gasteiger partial charge in [-0.2, -0.15) is 5.10 Å². The van der Waals surface area contributed by atoms with Crippen LogP contribution in [0.5, 0.6) is 0 Å². The van der Waals surface area contributed by atoms with Gasteiger partial charge in [-0.15, -0.1) is 10.6 Å². The van der Waals surface area contributed by atoms with Crippen molar-refractivity contribution < 1.29 is 33.0 Å². The predicted octanol–water partition coefficient (Wildman–Crippen LogP) is 3.24. The fourth-order valence-electron chi connectivity index (χ4n) is 3.40. The van der Waals surface area contributed by atoms with Gasteiger partial charge in [-0.3, -0.25) is 20.0 Å². The van der Waals surface area contributed by atoms with Crippen LogP contribution in [0.1, 0.15) is 73.4 Å². The molecule has 1 aliphatic heterocycles. The van der Waals surface area contributed by atoms with Gasteiger partial charge in [0.1, 0.15) is 21.1 Å². The number of nitrogens with one attached hydrogen (secondary N) is 2. The molecule has 0 radical (unpaired) electrons. The molecule has 1 unspecified atom stereocenters. The second-order valence-electron chi connectivity index (χ2n) is 10.9. The van der Waals surface area contributed by atoms with Gasteiger partial charge in [0.15, 0.2) is 5.70 Å². The van der Waals surface area contributed by atoms with Gasteiger partial charge in [0.2, 0.25) is 5.41 Å². The summed E-state index contributed by atoms with van der Waals surface area (Å²) in [5.41, 5.74) is 1.41. The highest BCUT2D eigenvalue weighted by Crippen LogP contribution is 2.35. The number of hydrogen-bond donors (Lipinski definition) is 2. The molecule has 2 N–H and O–H groups in total. The first-order chi connectivity index (χ1) is 17.6. The summed E-state index contributed by atoms with van der Waals surface area (Å²) in [5.74, 6) is -2.57. The minimum atomic E-state index is -2.21. The average molecular weight is 650 g/mol. The highest BCUT2D eigenvalue weighted by atomic mass is 127. The smallest absolute Gasteiger partial charge is 0.357 e. The van der Waals surface area contributed by atoms with Crippen LogP contribution in [0.4, 0.5) is 4.39 Å². The van der Waals surface area contributed by atoms with Crippen LogP contribution in [0.25, 0.3) is 0 Å². The quantitative estimate of drug-likeness (QED) is 0.120. The van der Waals surface area contributed by atoms with Gasteiger partial charge in [0, 0.05) is 12.6 Å². The average Bonchev–Trinajstić information content (AvgIpc) is 3.24. The maximum Gasteiger partial charge on any atom is 0.357 e. The van der Waals surface area contributed by atoms with Crippen molar-refractivity contribution in [2.45, 2.75) is 90.5 Å². The molecule has 11 nitrogen and oxygen atoms in total. The lowest BCUT2D eigenvalue weighted by Gasteiger charge is -2.33. The van der Waals surface area contributed by atoms with E-state index >= 15 is 4.39 Å². The summed E-state index contributed by atoms with van der Waals surface area (Å²) in [6.45, 7) is 11.8. The Hall–Kier alpha value is -2.55. The number of nitrogens with zero attached hydrogens (tertiary/aromatic N) is 3. The Morgan fingerprint density at radius 1 is 1.05 bits per heavy atom. The molecule has 2 heterocycles. The topological polar surface area (TPSA) is 132 Å². The number of aromatic nitrogens is 2. The summed E-state index contributed by atoms with van der Waals surface area (Å²) >= 11 is 1.94. The van der Waals surface area contributed by atoms with Crippen LogP contribution in [0.2, 0.25) is 0 Å². The van der Waals surface area contributed by atoms with Crippen molar-refractivity contribution in [2.24, 2.45) is 0 Å². The second kappa shape index (κ2) is 13.0. The molecule has 0 spiro atoms. The lowest BCUT2D eigenvalue weighted by Crippen LogP contribution is -2.52. The van der Waals surface area contributed by atoms with Crippen LogP contribution in [0.15, 0.2) is 24.0 Å². The second-order valence-corrected chi connectivity index (χ2v) is 12.0. The number of halogens is 2. The highest BCUT2D eigenvalue weighted by molar-refractivity contribution is 14.1. The van der Waals surface area contributed by atoms with Crippen molar-refractivity contribution in [3.63, 3.8) is 0 Å². The molecule has 1 aromatic heterocycles. The van der Waals surface area contributed by atoms with Gasteiger partial charge in [-0.1, -0.05) is 13.3 Å². The molecule has 1 aromatic rings. The predicted molar refractivity (Wildman–Crippen MR) is 145 cm³/mol. The molecular formula is C25H37FIN5O6. The SMILES string of the molecule is CCCCOC(=O)C(C[C@@H](F)CN1C=C(C(=O)OC(C)(C)C)NN1)(C(=O)OC(C)(C)C)c1ccc(I)nn1. The Labute approximate surface area is 236 Å². The Balaban J connectivity index is 2.39. The number of carbonyl (C=O) groups is 3. The first-order valence-corrected chi connectivity index (χ1v) is 13.4. The molecule has 13 heteroatoms. The number of esters is 3. The van der Waals surface area contributed by atoms with Gasteiger partial charge in [0.05, 0.1) is 18.8 Å². The molecule has 0 aliphatic carbocycles. The Kier molecular flexibility index (Phi) is 10.8. The molecule has 0 saturated carbocycles. The van der Waals surface area contributed by atoms with E-state index in [1.807, 2.05) is 29.5 Å². The number of unbranched alkanes of at least 4 members (excludes halogenated alkanes) is 1. The molecule has 0 saturated heterocycles. The number of ether oxygens (including phenoxy) is 3. The van der Waals surface area contributed by atoms with E-state index in [2.05, 4.69) is 21.2 Å². The molecule has 0 fully saturated rings. The number of alkyl halides is 1. The third kappa shape index (κ3) is 9.03. The summed E-state index contributed by atoms with van der Waals surface area (Å²) < 4.78 is 32.6. The lowest BCUT2D eigenvalue weighted by atomic mass is 9.78. The van der Waals surface area contributed by atoms with E-state index in [0.717, 1.165) is 6.42 Å². The molecule has 0 aromatic carbocycles. The first kappa shape index (κ1) is 31.7. The van der Waals surface area contributed by atoms with E-state index in [9.17, 15) is 14.4 Å². The summed E-state index contributed by atoms with van der Waals surface area (Å²) in [7, 11) is 0. The zero-order valence-electron chi connectivity index (χ0n) is 22.9. The van der Waals surface area contributed by atoms with Crippen molar-refractivity contribution in [1.29, 1.82) is 0 Å². The first-order valence-electron chi connectivity index (χ1n) is 12.4. The fourth-order valence-corrected chi connectivity index (χ4v) is 3.69. The van der Waals surface area contributed by atoms with Gasteiger partial charge < -0.3 is 14.2 Å². The Morgan fingerprint density at radius 3 is 2.26 bits per heavy atom. The van der Waals surface area contributed by atoms with E-state index in [1.165, 1.54) is 17.3 Å². The maximum atomic E-state index is 15.7. The van der Waals surface area contributed by atoms with Gasteiger partial charge in [-0.25, -0.2) is 9.18 Å². The van der Waals surface area contributed by atoms with Crippen molar-refractivity contribution in [3.8, 4) is 0 Å². The summed E-state index contributed by atoms with van der Waals surface area (Å²) in [6.07, 6.45) is 0.262. The van der Waals surface area contributed by atoms with Crippen LogP contribution < -0.4 is 11.0 Å². The van der Waals surface area contributed by atoms with Crippen LogP contribution in [-0.2, 0) is 34.0 Å². The van der Waals surface area contributed by atoms with Crippen molar-refractivity contribution >= 4 is 40.5 Å². The lowest BCUT2D eigenvalue weighted by molar-refractivity contribution is -0.174. The Morgan fingerprint density at radius 2 is 1.71 bits per heavy atom. The molecule has 2 rings (SSSR count). The minimum absolute atomic E-state index is 0.0498. The number of rotatable bonds is 11. The third-order valence-electron chi connectivity index (χ3n) is 5.06. The normalized spacial score (nSPS) is 16.1. The van der Waals surface area contributed by atoms with Gasteiger partial charge in [0.25, 0.3) is 0 Å². The number of hydrazine groups is 2. The number of hydrogen-bond acceptors (Lipinski definition) is 11. The monoisotopic (exact) mass is 649 g/mol. The van der Waals surface area contributed by atoms with Gasteiger partial charge >= 0.3 is 17.9 Å². The van der Waals surface area contributed by atoms with Crippen molar-refractivity contribution in [3.05, 3.63) is 33.4 Å². The van der Waals surface area contributed by atoms with E-state index in [1.54, 1.807) is 47.6 Å². The van der Waals surface area contributed by atoms with E-state index < -0.39 is 47.1 Å². The van der Waals surface area contributed by atoms with Gasteiger partial charge in [-0.05, 0) is 82.7 Å². The van der Waals surface area contributed by atoms with Crippen LogP contribution >= 0.6 is 22.6 Å². The zero-order chi connectivity index (χ0) is 28.7. The van der Waals surface area contributed by atoms with Crippen LogP contribution in [-0.4, -0.2) is 63.6 Å². The fraction of sp³-hybridized carbons (Fsp3) is 0.640. The molecular weight excluding hydrogens is 612 g/mol. The summed E-state index contributed by atoms with van der Waals surface area (Å²) in [5, 5.41) is 9.33. The van der Waals surface area contributed by atoms with E-state index in [4.69, 9.17) is 14.2 Å². The van der Waals surface area contributed by atoms with Crippen LogP contribution in [0, 0.1) is 3.70 Å². The Bertz CT molecular complexity index is 1020. The molecule has 212 valence electrons. The van der Waals surface area contributed by atoms with Crippen molar-refractivity contribution in [2.75, 3.05) is 13.2 Å². The summed E-state index contributed by atoms with van der Waals surface area (Å²) in [4.78, 5) is 39.5. The molecule has 0 bridgehead atoms. The molecule has 0 amide bonds. The van der Waals surface area contributed by atoms with E-state index in [-0.39, 0.29) is 24.5 Å². The molecule has 2 atom stereocenters. The van der Waals surface area contributed by atoms with Crippen LogP contribution in [0.3, 0.4) is 0 Å². The zero-order valence-corrected chi connectivity index (χ0v) is 25.0. The maximum absolute atomic E-state index is 15.7. The minimum Gasteiger partial charge on any atom is -0.465 e. The standard InChI is InChI=1S/C25H37FIN5O6/c1-8-9-12-36-21(34)25(22(35)38-24(5,6)7,18-10-11-19(27)30-29-18)13-16(26)14-32-15-17(28-31-32)20(33)37-23(2,3)4/h10-11,15-16,28,31H,8-9,12-14H2,1-7H3/t16-,25?/m1/s1.